The van der Waals surface area contributed by atoms with E-state index < -0.39 is 10.0 Å². The number of aryl methyl sites for hydroxylation is 1. The molecule has 0 radical (unpaired) electrons. The molecule has 0 aliphatic carbocycles. The third-order valence-electron chi connectivity index (χ3n) is 6.33. The Balaban J connectivity index is 1.51. The van der Waals surface area contributed by atoms with Gasteiger partial charge in [-0.2, -0.15) is 4.31 Å². The number of sulfonamides is 1. The molecule has 3 heterocycles. The summed E-state index contributed by atoms with van der Waals surface area (Å²) in [7, 11) is -1.97. The molecule has 8 nitrogen and oxygen atoms in total. The SMILES string of the molecule is COc1ccc(S(=O)(=O)N2CCN(c3cc(N4CCCC4)nc(C)n3)CC2)c(C)c1C. The molecule has 168 valence electrons. The second-order valence-electron chi connectivity index (χ2n) is 8.23. The Morgan fingerprint density at radius 1 is 0.839 bits per heavy atom. The van der Waals surface area contributed by atoms with Gasteiger partial charge in [-0.1, -0.05) is 0 Å². The van der Waals surface area contributed by atoms with Crippen molar-refractivity contribution in [1.29, 1.82) is 0 Å². The molecule has 1 aromatic heterocycles. The predicted molar refractivity (Wildman–Crippen MR) is 122 cm³/mol. The number of aromatic nitrogens is 2. The van der Waals surface area contributed by atoms with Crippen molar-refractivity contribution < 1.29 is 13.2 Å². The summed E-state index contributed by atoms with van der Waals surface area (Å²) in [6.45, 7) is 9.76. The first-order valence-electron chi connectivity index (χ1n) is 10.8. The van der Waals surface area contributed by atoms with Crippen molar-refractivity contribution >= 4 is 21.7 Å². The molecule has 2 aromatic rings. The lowest BCUT2D eigenvalue weighted by Crippen LogP contribution is -2.49. The van der Waals surface area contributed by atoms with E-state index in [0.29, 0.717) is 36.8 Å². The zero-order chi connectivity index (χ0) is 22.2. The quantitative estimate of drug-likeness (QED) is 0.700. The lowest BCUT2D eigenvalue weighted by molar-refractivity contribution is 0.383. The Hall–Kier alpha value is -2.39. The number of hydrogen-bond donors (Lipinski definition) is 0. The molecule has 0 N–H and O–H groups in total. The van der Waals surface area contributed by atoms with Crippen LogP contribution in [0.5, 0.6) is 5.75 Å². The van der Waals surface area contributed by atoms with Gasteiger partial charge in [0.25, 0.3) is 0 Å². The highest BCUT2D eigenvalue weighted by Gasteiger charge is 2.31. The van der Waals surface area contributed by atoms with E-state index in [4.69, 9.17) is 4.74 Å². The van der Waals surface area contributed by atoms with Gasteiger partial charge in [0, 0.05) is 45.3 Å². The number of benzene rings is 1. The Morgan fingerprint density at radius 3 is 2.00 bits per heavy atom. The highest BCUT2D eigenvalue weighted by molar-refractivity contribution is 7.89. The number of nitrogens with zero attached hydrogens (tertiary/aromatic N) is 5. The van der Waals surface area contributed by atoms with Gasteiger partial charge >= 0.3 is 0 Å². The summed E-state index contributed by atoms with van der Waals surface area (Å²) in [6.07, 6.45) is 2.39. The van der Waals surface area contributed by atoms with Gasteiger partial charge in [0.1, 0.15) is 23.2 Å². The van der Waals surface area contributed by atoms with Crippen molar-refractivity contribution in [2.45, 2.75) is 38.5 Å². The minimum absolute atomic E-state index is 0.355. The molecule has 31 heavy (non-hydrogen) atoms. The average Bonchev–Trinajstić information content (AvgIpc) is 3.30. The molecule has 2 aliphatic rings. The Morgan fingerprint density at radius 2 is 1.42 bits per heavy atom. The number of rotatable bonds is 5. The van der Waals surface area contributed by atoms with Crippen molar-refractivity contribution in [3.63, 3.8) is 0 Å². The van der Waals surface area contributed by atoms with Gasteiger partial charge in [-0.05, 0) is 56.9 Å². The number of ether oxygens (including phenoxy) is 1. The molecule has 9 heteroatoms. The molecule has 2 aliphatic heterocycles. The van der Waals surface area contributed by atoms with Crippen molar-refractivity contribution in [3.05, 3.63) is 35.2 Å². The second kappa shape index (κ2) is 8.63. The van der Waals surface area contributed by atoms with Crippen molar-refractivity contribution in [3.8, 4) is 5.75 Å². The van der Waals surface area contributed by atoms with Crippen LogP contribution in [0.4, 0.5) is 11.6 Å². The molecule has 0 amide bonds. The maximum Gasteiger partial charge on any atom is 0.243 e. The van der Waals surface area contributed by atoms with E-state index in [1.165, 1.54) is 12.8 Å². The first-order valence-corrected chi connectivity index (χ1v) is 12.2. The third-order valence-corrected chi connectivity index (χ3v) is 8.37. The fourth-order valence-corrected chi connectivity index (χ4v) is 6.08. The smallest absolute Gasteiger partial charge is 0.243 e. The summed E-state index contributed by atoms with van der Waals surface area (Å²) in [5, 5.41) is 0. The third kappa shape index (κ3) is 4.21. The Kier molecular flexibility index (Phi) is 6.07. The van der Waals surface area contributed by atoms with Crippen molar-refractivity contribution in [2.75, 3.05) is 56.2 Å². The van der Waals surface area contributed by atoms with Crippen LogP contribution >= 0.6 is 0 Å². The van der Waals surface area contributed by atoms with E-state index in [0.717, 1.165) is 41.7 Å². The van der Waals surface area contributed by atoms with E-state index in [1.54, 1.807) is 23.5 Å². The molecule has 0 atom stereocenters. The first kappa shape index (κ1) is 21.8. The van der Waals surface area contributed by atoms with E-state index >= 15 is 0 Å². The van der Waals surface area contributed by atoms with Gasteiger partial charge in [0.2, 0.25) is 10.0 Å². The van der Waals surface area contributed by atoms with E-state index in [-0.39, 0.29) is 0 Å². The molecule has 1 aromatic carbocycles. The normalized spacial score (nSPS) is 17.9. The second-order valence-corrected chi connectivity index (χ2v) is 10.1. The van der Waals surface area contributed by atoms with Crippen LogP contribution in [0.2, 0.25) is 0 Å². The highest BCUT2D eigenvalue weighted by atomic mass is 32.2. The molecule has 0 bridgehead atoms. The predicted octanol–water partition coefficient (Wildman–Crippen LogP) is 2.52. The monoisotopic (exact) mass is 445 g/mol. The Labute approximate surface area is 184 Å². The lowest BCUT2D eigenvalue weighted by atomic mass is 10.1. The first-order chi connectivity index (χ1) is 14.8. The summed E-state index contributed by atoms with van der Waals surface area (Å²) in [5.41, 5.74) is 1.59. The van der Waals surface area contributed by atoms with Crippen LogP contribution < -0.4 is 14.5 Å². The standard InChI is InChI=1S/C22H31N5O3S/c1-16-17(2)20(8-7-19(16)30-4)31(28,29)27-13-11-26(12-14-27)22-15-21(23-18(3)24-22)25-9-5-6-10-25/h7-8,15H,5-6,9-14H2,1-4H3. The van der Waals surface area contributed by atoms with Crippen LogP contribution in [0.25, 0.3) is 0 Å². The van der Waals surface area contributed by atoms with Gasteiger partial charge in [-0.15, -0.1) is 0 Å². The highest BCUT2D eigenvalue weighted by Crippen LogP contribution is 2.30. The summed E-state index contributed by atoms with van der Waals surface area (Å²) >= 11 is 0. The maximum absolute atomic E-state index is 13.3. The number of hydrogen-bond acceptors (Lipinski definition) is 7. The van der Waals surface area contributed by atoms with Crippen LogP contribution in [0.1, 0.15) is 29.8 Å². The molecule has 2 fully saturated rings. The van der Waals surface area contributed by atoms with Gasteiger partial charge < -0.3 is 14.5 Å². The fourth-order valence-electron chi connectivity index (χ4n) is 4.38. The Bertz CT molecular complexity index is 1060. The largest absolute Gasteiger partial charge is 0.496 e. The van der Waals surface area contributed by atoms with Crippen LogP contribution in [0.3, 0.4) is 0 Å². The van der Waals surface area contributed by atoms with Gasteiger partial charge in [0.05, 0.1) is 12.0 Å². The van der Waals surface area contributed by atoms with Crippen LogP contribution in [-0.4, -0.2) is 69.1 Å². The van der Waals surface area contributed by atoms with E-state index in [2.05, 4.69) is 19.8 Å². The fraction of sp³-hybridized carbons (Fsp3) is 0.545. The maximum atomic E-state index is 13.3. The van der Waals surface area contributed by atoms with Gasteiger partial charge in [-0.3, -0.25) is 0 Å². The molecule has 0 spiro atoms. The summed E-state index contributed by atoms with van der Waals surface area (Å²) in [4.78, 5) is 14.0. The minimum atomic E-state index is -3.57. The molecular weight excluding hydrogens is 414 g/mol. The average molecular weight is 446 g/mol. The van der Waals surface area contributed by atoms with Gasteiger partial charge in [-0.25, -0.2) is 18.4 Å². The summed E-state index contributed by atoms with van der Waals surface area (Å²) < 4.78 is 33.5. The zero-order valence-corrected chi connectivity index (χ0v) is 19.6. The lowest BCUT2D eigenvalue weighted by Gasteiger charge is -2.35. The number of methoxy groups -OCH3 is 1. The van der Waals surface area contributed by atoms with E-state index in [9.17, 15) is 8.42 Å². The molecular formula is C22H31N5O3S. The van der Waals surface area contributed by atoms with Crippen molar-refractivity contribution in [2.24, 2.45) is 0 Å². The summed E-state index contributed by atoms with van der Waals surface area (Å²) in [5.74, 6) is 3.30. The minimum Gasteiger partial charge on any atom is -0.496 e. The number of piperazine rings is 1. The molecule has 0 unspecified atom stereocenters. The van der Waals surface area contributed by atoms with Crippen LogP contribution in [-0.2, 0) is 10.0 Å². The molecule has 4 rings (SSSR count). The van der Waals surface area contributed by atoms with Gasteiger partial charge in [0.15, 0.2) is 0 Å². The summed E-state index contributed by atoms with van der Waals surface area (Å²) in [6, 6.07) is 5.42. The van der Waals surface area contributed by atoms with Crippen LogP contribution in [0.15, 0.2) is 23.1 Å². The molecule has 0 saturated carbocycles. The molecule has 2 saturated heterocycles. The number of anilines is 2. The van der Waals surface area contributed by atoms with E-state index in [1.807, 2.05) is 26.8 Å². The van der Waals surface area contributed by atoms with Crippen LogP contribution in [0, 0.1) is 20.8 Å². The topological polar surface area (TPSA) is 78.9 Å². The van der Waals surface area contributed by atoms with Crippen molar-refractivity contribution in [1.82, 2.24) is 14.3 Å². The zero-order valence-electron chi connectivity index (χ0n) is 18.8.